The minimum absolute atomic E-state index is 0.00753. The van der Waals surface area contributed by atoms with E-state index in [4.69, 9.17) is 14.3 Å². The topological polar surface area (TPSA) is 101 Å². The number of hydroxylamine groups is 1. The number of ether oxygens (including phenoxy) is 2. The summed E-state index contributed by atoms with van der Waals surface area (Å²) in [6.07, 6.45) is 3.65. The molecule has 1 aromatic heterocycles. The van der Waals surface area contributed by atoms with Crippen LogP contribution in [0.4, 0.5) is 28.7 Å². The van der Waals surface area contributed by atoms with Crippen LogP contribution in [0.2, 0.25) is 0 Å². The van der Waals surface area contributed by atoms with Crippen LogP contribution in [0.15, 0.2) is 91.8 Å². The quantitative estimate of drug-likeness (QED) is 0.222. The highest BCUT2D eigenvalue weighted by Gasteiger charge is 2.30. The van der Waals surface area contributed by atoms with Crippen LogP contribution in [0, 0.1) is 0 Å². The Hall–Kier alpha value is -4.93. The van der Waals surface area contributed by atoms with E-state index >= 15 is 0 Å². The van der Waals surface area contributed by atoms with Crippen LogP contribution < -0.4 is 25.3 Å². The maximum Gasteiger partial charge on any atom is 0.247 e. The zero-order valence-corrected chi connectivity index (χ0v) is 24.9. The molecule has 0 aliphatic carbocycles. The monoisotopic (exact) mass is 592 g/mol. The van der Waals surface area contributed by atoms with Crippen LogP contribution in [-0.2, 0) is 14.4 Å². The summed E-state index contributed by atoms with van der Waals surface area (Å²) in [6, 6.07) is 24.5. The Bertz CT molecular complexity index is 1630. The van der Waals surface area contributed by atoms with Gasteiger partial charge in [0.15, 0.2) is 5.82 Å². The molecule has 0 bridgehead atoms. The molecule has 6 rings (SSSR count). The Balaban J connectivity index is 1.28. The molecule has 2 atom stereocenters. The lowest BCUT2D eigenvalue weighted by molar-refractivity contribution is -0.111. The smallest absolute Gasteiger partial charge is 0.247 e. The van der Waals surface area contributed by atoms with Crippen molar-refractivity contribution in [3.8, 4) is 16.9 Å². The lowest BCUT2D eigenvalue weighted by Gasteiger charge is -2.34. The summed E-state index contributed by atoms with van der Waals surface area (Å²) in [7, 11) is 1.62. The Morgan fingerprint density at radius 3 is 2.66 bits per heavy atom. The van der Waals surface area contributed by atoms with E-state index in [0.717, 1.165) is 23.2 Å². The van der Waals surface area contributed by atoms with Gasteiger partial charge in [0.1, 0.15) is 17.9 Å². The highest BCUT2D eigenvalue weighted by Crippen LogP contribution is 2.40. The number of rotatable bonds is 9. The summed E-state index contributed by atoms with van der Waals surface area (Å²) in [5.41, 5.74) is 5.57. The Kier molecular flexibility index (Phi) is 8.71. The first kappa shape index (κ1) is 29.2. The van der Waals surface area contributed by atoms with Crippen molar-refractivity contribution in [2.75, 3.05) is 54.0 Å². The van der Waals surface area contributed by atoms with Crippen molar-refractivity contribution in [2.45, 2.75) is 25.5 Å². The number of hydrogen-bond donors (Lipinski definition) is 2. The fourth-order valence-electron chi connectivity index (χ4n) is 5.65. The predicted octanol–water partition coefficient (Wildman–Crippen LogP) is 6.13. The second kappa shape index (κ2) is 13.2. The zero-order chi connectivity index (χ0) is 30.5. The average molecular weight is 593 g/mol. The molecule has 0 radical (unpaired) electrons. The Labute approximate surface area is 257 Å². The lowest BCUT2D eigenvalue weighted by Crippen LogP contribution is -2.41. The molecule has 2 aliphatic heterocycles. The second-order valence-electron chi connectivity index (χ2n) is 10.7. The van der Waals surface area contributed by atoms with E-state index in [1.165, 1.54) is 18.0 Å². The van der Waals surface area contributed by atoms with Gasteiger partial charge in [0.25, 0.3) is 0 Å². The Morgan fingerprint density at radius 2 is 1.86 bits per heavy atom. The summed E-state index contributed by atoms with van der Waals surface area (Å²) in [5, 5.41) is 8.17. The molecule has 1 amide bonds. The summed E-state index contributed by atoms with van der Waals surface area (Å²) in [5.74, 6) is 1.48. The van der Waals surface area contributed by atoms with Gasteiger partial charge in [-0.05, 0) is 41.8 Å². The molecule has 4 aromatic rings. The molecule has 10 nitrogen and oxygen atoms in total. The number of benzene rings is 3. The minimum atomic E-state index is -0.304. The van der Waals surface area contributed by atoms with Gasteiger partial charge in [0, 0.05) is 31.6 Å². The summed E-state index contributed by atoms with van der Waals surface area (Å²) in [6.45, 7) is 8.20. The van der Waals surface area contributed by atoms with Gasteiger partial charge in [0.2, 0.25) is 5.91 Å². The van der Waals surface area contributed by atoms with Gasteiger partial charge in [-0.2, -0.15) is 0 Å². The lowest BCUT2D eigenvalue weighted by atomic mass is 9.98. The number of anilines is 5. The van der Waals surface area contributed by atoms with Gasteiger partial charge in [-0.25, -0.2) is 15.0 Å². The highest BCUT2D eigenvalue weighted by atomic mass is 16.7. The third-order valence-electron chi connectivity index (χ3n) is 7.77. The maximum absolute atomic E-state index is 12.4. The van der Waals surface area contributed by atoms with Crippen molar-refractivity contribution < 1.29 is 19.1 Å². The highest BCUT2D eigenvalue weighted by molar-refractivity contribution is 6.02. The molecular weight excluding hydrogens is 556 g/mol. The fraction of sp³-hybridized carbons (Fsp3) is 0.265. The molecular formula is C34H36N6O4. The molecule has 3 heterocycles. The van der Waals surface area contributed by atoms with Gasteiger partial charge in [0.05, 0.1) is 49.5 Å². The molecule has 0 spiro atoms. The van der Waals surface area contributed by atoms with E-state index in [2.05, 4.69) is 68.5 Å². The number of carbonyl (C=O) groups excluding carboxylic acids is 1. The molecule has 2 aliphatic rings. The van der Waals surface area contributed by atoms with Crippen molar-refractivity contribution in [2.24, 2.45) is 0 Å². The molecule has 0 saturated carbocycles. The van der Waals surface area contributed by atoms with Crippen LogP contribution in [0.25, 0.3) is 11.1 Å². The first-order valence-corrected chi connectivity index (χ1v) is 14.7. The number of aromatic nitrogens is 2. The van der Waals surface area contributed by atoms with Gasteiger partial charge in [-0.1, -0.05) is 55.1 Å². The van der Waals surface area contributed by atoms with E-state index in [-0.39, 0.29) is 18.1 Å². The van der Waals surface area contributed by atoms with Gasteiger partial charge in [-0.15, -0.1) is 0 Å². The number of amides is 1. The first-order chi connectivity index (χ1) is 21.5. The molecule has 0 unspecified atom stereocenters. The summed E-state index contributed by atoms with van der Waals surface area (Å²) >= 11 is 0. The molecule has 2 saturated heterocycles. The van der Waals surface area contributed by atoms with E-state index in [1.54, 1.807) is 7.11 Å². The molecule has 2 fully saturated rings. The number of nitrogens with zero attached hydrogens (tertiary/aromatic N) is 4. The number of carbonyl (C=O) groups is 1. The van der Waals surface area contributed by atoms with Crippen molar-refractivity contribution >= 4 is 34.6 Å². The average Bonchev–Trinajstić information content (AvgIpc) is 3.56. The summed E-state index contributed by atoms with van der Waals surface area (Å²) < 4.78 is 11.5. The SMILES string of the molecule is C=CC(=O)Nc1cc(Nc2cc(N3OCC[C@@H]3c3cccc(-c4ccccc4)c3)ncn2)c(OC)cc1N1CCO[C@@H](C)C1. The predicted molar refractivity (Wildman–Crippen MR) is 172 cm³/mol. The largest absolute Gasteiger partial charge is 0.494 e. The van der Waals surface area contributed by atoms with Crippen LogP contribution >= 0.6 is 0 Å². The molecule has 2 N–H and O–H groups in total. The molecule has 10 heteroatoms. The standard InChI is InChI=1S/C34H36N6O4/c1-4-34(41)38-27-18-28(31(42-3)19-30(27)39-14-16-43-23(2)21-39)37-32-20-33(36-22-35-32)40-29(13-15-44-40)26-12-8-11-25(17-26)24-9-6-5-7-10-24/h4-12,17-20,22-23,29H,1,13-16,21H2,2-3H3,(H,38,41)(H,35,36,37)/t23-,29+/m0/s1. The van der Waals surface area contributed by atoms with E-state index in [9.17, 15) is 4.79 Å². The van der Waals surface area contributed by atoms with Gasteiger partial charge < -0.3 is 25.0 Å². The third kappa shape index (κ3) is 6.36. The first-order valence-electron chi connectivity index (χ1n) is 14.7. The normalized spacial score (nSPS) is 18.1. The maximum atomic E-state index is 12.4. The Morgan fingerprint density at radius 1 is 1.02 bits per heavy atom. The van der Waals surface area contributed by atoms with Crippen LogP contribution in [0.1, 0.15) is 24.9 Å². The number of hydrogen-bond acceptors (Lipinski definition) is 9. The third-order valence-corrected chi connectivity index (χ3v) is 7.77. The van der Waals surface area contributed by atoms with E-state index in [1.807, 2.05) is 48.4 Å². The van der Waals surface area contributed by atoms with Crippen molar-refractivity contribution in [3.05, 3.63) is 97.3 Å². The van der Waals surface area contributed by atoms with Crippen LogP contribution in [-0.4, -0.2) is 55.4 Å². The fourth-order valence-corrected chi connectivity index (χ4v) is 5.65. The van der Waals surface area contributed by atoms with E-state index in [0.29, 0.717) is 55.1 Å². The second-order valence-corrected chi connectivity index (χ2v) is 10.7. The molecule has 44 heavy (non-hydrogen) atoms. The number of nitrogens with one attached hydrogen (secondary N) is 2. The zero-order valence-electron chi connectivity index (χ0n) is 24.9. The van der Waals surface area contributed by atoms with Gasteiger partial charge in [-0.3, -0.25) is 9.63 Å². The molecule has 3 aromatic carbocycles. The van der Waals surface area contributed by atoms with Crippen molar-refractivity contribution in [1.82, 2.24) is 9.97 Å². The van der Waals surface area contributed by atoms with E-state index < -0.39 is 0 Å². The number of morpholine rings is 1. The van der Waals surface area contributed by atoms with Gasteiger partial charge >= 0.3 is 0 Å². The van der Waals surface area contributed by atoms with Crippen LogP contribution in [0.3, 0.4) is 0 Å². The molecule has 226 valence electrons. The van der Waals surface area contributed by atoms with Crippen LogP contribution in [0.5, 0.6) is 5.75 Å². The number of methoxy groups -OCH3 is 1. The summed E-state index contributed by atoms with van der Waals surface area (Å²) in [4.78, 5) is 29.7. The van der Waals surface area contributed by atoms with Crippen molar-refractivity contribution in [3.63, 3.8) is 0 Å². The minimum Gasteiger partial charge on any atom is -0.494 e. The van der Waals surface area contributed by atoms with Crippen molar-refractivity contribution in [1.29, 1.82) is 0 Å².